The number of para-hydroxylation sites is 1. The van der Waals surface area contributed by atoms with Crippen LogP contribution in [0.25, 0.3) is 0 Å². The van der Waals surface area contributed by atoms with Crippen LogP contribution in [-0.4, -0.2) is 83.6 Å². The van der Waals surface area contributed by atoms with Crippen LogP contribution < -0.4 is 24.0 Å². The third kappa shape index (κ3) is 8.24. The SMILES string of the molecule is CCCN1CCCc2ccc(OC[C@H]3CN(C)CC(=O)N3c3ccc(OCCCOCCc4ccccc4OC)cc3)cc21. The number of rotatable bonds is 15. The maximum absolute atomic E-state index is 13.2. The van der Waals surface area contributed by atoms with Crippen molar-refractivity contribution in [1.29, 1.82) is 0 Å². The molecule has 0 spiro atoms. The van der Waals surface area contributed by atoms with Crippen LogP contribution in [0.15, 0.2) is 66.7 Å². The molecule has 0 saturated carbocycles. The van der Waals surface area contributed by atoms with E-state index in [-0.39, 0.29) is 11.9 Å². The van der Waals surface area contributed by atoms with Gasteiger partial charge in [0, 0.05) is 50.1 Å². The molecule has 1 atom stereocenters. The molecule has 3 aromatic carbocycles. The molecule has 0 unspecified atom stereocenters. The lowest BCUT2D eigenvalue weighted by Crippen LogP contribution is -2.57. The molecule has 0 radical (unpaired) electrons. The Hall–Kier alpha value is -3.75. The van der Waals surface area contributed by atoms with Crippen LogP contribution in [0.2, 0.25) is 0 Å². The summed E-state index contributed by atoms with van der Waals surface area (Å²) in [6, 6.07) is 22.2. The second-order valence-electron chi connectivity index (χ2n) is 11.7. The van der Waals surface area contributed by atoms with Crippen LogP contribution in [0.4, 0.5) is 11.4 Å². The molecule has 2 aliphatic heterocycles. The normalized spacial score (nSPS) is 17.0. The summed E-state index contributed by atoms with van der Waals surface area (Å²) in [5.41, 5.74) is 4.70. The largest absolute Gasteiger partial charge is 0.496 e. The Morgan fingerprint density at radius 3 is 2.57 bits per heavy atom. The number of fused-ring (bicyclic) bond motifs is 1. The Labute approximate surface area is 262 Å². The standard InChI is InChI=1S/C36H47N3O5/c1-4-19-38-20-7-10-28-12-15-33(24-34(28)38)44-27-31-25-37(2)26-36(40)39(31)30-13-16-32(17-14-30)43-22-8-21-42-23-18-29-9-5-6-11-35(29)41-3/h5-6,9,11-17,24,31H,4,7-8,10,18-23,25-27H2,1-3H3/t31-/m1/s1. The summed E-state index contributed by atoms with van der Waals surface area (Å²) in [6.07, 6.45) is 5.04. The van der Waals surface area contributed by atoms with Gasteiger partial charge >= 0.3 is 0 Å². The molecule has 8 nitrogen and oxygen atoms in total. The number of carbonyl (C=O) groups excluding carboxylic acids is 1. The van der Waals surface area contributed by atoms with E-state index in [1.165, 1.54) is 17.7 Å². The maximum Gasteiger partial charge on any atom is 0.241 e. The highest BCUT2D eigenvalue weighted by atomic mass is 16.5. The first kappa shape index (κ1) is 31.7. The fraction of sp³-hybridized carbons (Fsp3) is 0.472. The van der Waals surface area contributed by atoms with Crippen LogP contribution in [0, 0.1) is 0 Å². The Morgan fingerprint density at radius 1 is 0.932 bits per heavy atom. The smallest absolute Gasteiger partial charge is 0.241 e. The number of amides is 1. The van der Waals surface area contributed by atoms with Crippen molar-refractivity contribution in [2.45, 2.75) is 45.1 Å². The van der Waals surface area contributed by atoms with Gasteiger partial charge in [-0.25, -0.2) is 0 Å². The first-order chi connectivity index (χ1) is 21.6. The summed E-state index contributed by atoms with van der Waals surface area (Å²) >= 11 is 0. The number of aryl methyl sites for hydroxylation is 1. The summed E-state index contributed by atoms with van der Waals surface area (Å²) in [7, 11) is 3.68. The molecule has 5 rings (SSSR count). The van der Waals surface area contributed by atoms with Crippen LogP contribution >= 0.6 is 0 Å². The van der Waals surface area contributed by atoms with E-state index in [1.807, 2.05) is 54.4 Å². The van der Waals surface area contributed by atoms with E-state index in [0.717, 1.165) is 73.8 Å². The molecule has 44 heavy (non-hydrogen) atoms. The van der Waals surface area contributed by atoms with Gasteiger partial charge in [0.25, 0.3) is 0 Å². The number of hydrogen-bond acceptors (Lipinski definition) is 7. The quantitative estimate of drug-likeness (QED) is 0.210. The third-order valence-electron chi connectivity index (χ3n) is 8.29. The molecule has 0 aliphatic carbocycles. The number of nitrogens with zero attached hydrogens (tertiary/aromatic N) is 3. The Balaban J connectivity index is 1.11. The van der Waals surface area contributed by atoms with Crippen molar-refractivity contribution < 1.29 is 23.7 Å². The van der Waals surface area contributed by atoms with Gasteiger partial charge < -0.3 is 28.7 Å². The Bertz CT molecular complexity index is 1350. The molecule has 8 heteroatoms. The van der Waals surface area contributed by atoms with Gasteiger partial charge in [0.2, 0.25) is 5.91 Å². The van der Waals surface area contributed by atoms with Crippen molar-refractivity contribution in [2.75, 3.05) is 76.6 Å². The van der Waals surface area contributed by atoms with Crippen LogP contribution in [0.3, 0.4) is 0 Å². The van der Waals surface area contributed by atoms with Gasteiger partial charge in [0.15, 0.2) is 0 Å². The lowest BCUT2D eigenvalue weighted by molar-refractivity contribution is -0.122. The first-order valence-electron chi connectivity index (χ1n) is 16.0. The van der Waals surface area contributed by atoms with Gasteiger partial charge in [-0.1, -0.05) is 31.2 Å². The monoisotopic (exact) mass is 601 g/mol. The lowest BCUT2D eigenvalue weighted by Gasteiger charge is -2.39. The second kappa shape index (κ2) is 15.8. The van der Waals surface area contributed by atoms with Gasteiger partial charge in [-0.2, -0.15) is 0 Å². The molecule has 1 amide bonds. The van der Waals surface area contributed by atoms with Crippen molar-refractivity contribution in [1.82, 2.24) is 4.90 Å². The zero-order chi connectivity index (χ0) is 30.7. The molecule has 2 heterocycles. The predicted octanol–water partition coefficient (Wildman–Crippen LogP) is 5.61. The summed E-state index contributed by atoms with van der Waals surface area (Å²) in [6.45, 7) is 7.77. The highest BCUT2D eigenvalue weighted by Crippen LogP contribution is 2.32. The number of methoxy groups -OCH3 is 1. The summed E-state index contributed by atoms with van der Waals surface area (Å²) in [4.78, 5) is 19.6. The predicted molar refractivity (Wildman–Crippen MR) is 176 cm³/mol. The number of hydrogen-bond donors (Lipinski definition) is 0. The molecule has 0 N–H and O–H groups in total. The van der Waals surface area contributed by atoms with E-state index in [9.17, 15) is 4.79 Å². The molecule has 236 valence electrons. The minimum Gasteiger partial charge on any atom is -0.496 e. The molecule has 0 aromatic heterocycles. The number of piperazine rings is 1. The van der Waals surface area contributed by atoms with Crippen molar-refractivity contribution in [3.05, 3.63) is 77.9 Å². The molecule has 0 bridgehead atoms. The minimum absolute atomic E-state index is 0.0749. The number of anilines is 2. The third-order valence-corrected chi connectivity index (χ3v) is 8.29. The number of likely N-dealkylation sites (N-methyl/N-ethyl adjacent to an activating group) is 1. The number of carbonyl (C=O) groups is 1. The molecular weight excluding hydrogens is 554 g/mol. The highest BCUT2D eigenvalue weighted by molar-refractivity contribution is 5.96. The van der Waals surface area contributed by atoms with Gasteiger partial charge in [0.05, 0.1) is 32.9 Å². The highest BCUT2D eigenvalue weighted by Gasteiger charge is 2.33. The Kier molecular flexibility index (Phi) is 11.4. The van der Waals surface area contributed by atoms with Crippen molar-refractivity contribution in [2.24, 2.45) is 0 Å². The molecule has 1 fully saturated rings. The van der Waals surface area contributed by atoms with E-state index in [2.05, 4.69) is 41.0 Å². The van der Waals surface area contributed by atoms with Crippen LogP contribution in [0.5, 0.6) is 17.2 Å². The van der Waals surface area contributed by atoms with E-state index in [0.29, 0.717) is 33.0 Å². The molecule has 1 saturated heterocycles. The average molecular weight is 602 g/mol. The average Bonchev–Trinajstić information content (AvgIpc) is 3.04. The van der Waals surface area contributed by atoms with Gasteiger partial charge in [-0.3, -0.25) is 9.69 Å². The zero-order valence-corrected chi connectivity index (χ0v) is 26.5. The summed E-state index contributed by atoms with van der Waals surface area (Å²) < 4.78 is 23.5. The Morgan fingerprint density at radius 2 is 1.75 bits per heavy atom. The maximum atomic E-state index is 13.2. The summed E-state index contributed by atoms with van der Waals surface area (Å²) in [5.74, 6) is 2.61. The van der Waals surface area contributed by atoms with Crippen molar-refractivity contribution in [3.63, 3.8) is 0 Å². The van der Waals surface area contributed by atoms with Gasteiger partial charge in [-0.05, 0) is 80.3 Å². The van der Waals surface area contributed by atoms with Crippen LogP contribution in [0.1, 0.15) is 37.3 Å². The van der Waals surface area contributed by atoms with Gasteiger partial charge in [0.1, 0.15) is 23.9 Å². The molecular formula is C36H47N3O5. The van der Waals surface area contributed by atoms with Crippen molar-refractivity contribution >= 4 is 17.3 Å². The fourth-order valence-corrected chi connectivity index (χ4v) is 6.16. The topological polar surface area (TPSA) is 63.7 Å². The van der Waals surface area contributed by atoms with E-state index < -0.39 is 0 Å². The fourth-order valence-electron chi connectivity index (χ4n) is 6.16. The molecule has 2 aliphatic rings. The van der Waals surface area contributed by atoms with E-state index >= 15 is 0 Å². The van der Waals surface area contributed by atoms with E-state index in [4.69, 9.17) is 18.9 Å². The van der Waals surface area contributed by atoms with E-state index in [1.54, 1.807) is 7.11 Å². The number of ether oxygens (including phenoxy) is 4. The van der Waals surface area contributed by atoms with Crippen LogP contribution in [-0.2, 0) is 22.4 Å². The zero-order valence-electron chi connectivity index (χ0n) is 26.5. The molecule has 3 aromatic rings. The van der Waals surface area contributed by atoms with Gasteiger partial charge in [-0.15, -0.1) is 0 Å². The minimum atomic E-state index is -0.0937. The number of benzene rings is 3. The lowest BCUT2D eigenvalue weighted by atomic mass is 10.0. The van der Waals surface area contributed by atoms with Crippen molar-refractivity contribution in [3.8, 4) is 17.2 Å². The first-order valence-corrected chi connectivity index (χ1v) is 16.0. The summed E-state index contributed by atoms with van der Waals surface area (Å²) in [5, 5.41) is 0. The second-order valence-corrected chi connectivity index (χ2v) is 11.7.